The maximum absolute atomic E-state index is 13.3. The Kier molecular flexibility index (Phi) is 5.05. The molecule has 1 aliphatic rings. The van der Waals surface area contributed by atoms with Gasteiger partial charge >= 0.3 is 0 Å². The number of carbonyl (C=O) groups is 2. The fourth-order valence-electron chi connectivity index (χ4n) is 3.03. The summed E-state index contributed by atoms with van der Waals surface area (Å²) in [4.78, 5) is 28.4. The molecule has 0 aliphatic carbocycles. The minimum Gasteiger partial charge on any atom is -0.268 e. The monoisotopic (exact) mass is 365 g/mol. The van der Waals surface area contributed by atoms with Crippen molar-refractivity contribution in [2.75, 3.05) is 4.90 Å². The number of hydrogen-bond donors (Lipinski definition) is 0. The van der Waals surface area contributed by atoms with Crippen LogP contribution in [0.2, 0.25) is 0 Å². The van der Waals surface area contributed by atoms with E-state index >= 15 is 0 Å². The van der Waals surface area contributed by atoms with Crippen LogP contribution in [0.4, 0.5) is 5.69 Å². The highest BCUT2D eigenvalue weighted by molar-refractivity contribution is 8.04. The average molecular weight is 365 g/mol. The number of imide groups is 1. The first-order valence-electron chi connectivity index (χ1n) is 8.74. The van der Waals surface area contributed by atoms with Gasteiger partial charge in [0.15, 0.2) is 0 Å². The van der Waals surface area contributed by atoms with Crippen LogP contribution in [0.25, 0.3) is 5.57 Å². The molecule has 0 fully saturated rings. The third-order valence-electron chi connectivity index (χ3n) is 4.55. The summed E-state index contributed by atoms with van der Waals surface area (Å²) in [6.45, 7) is 10.0. The van der Waals surface area contributed by atoms with Gasteiger partial charge in [-0.1, -0.05) is 55.8 Å². The molecule has 4 heteroatoms. The van der Waals surface area contributed by atoms with Crippen LogP contribution < -0.4 is 4.90 Å². The first-order chi connectivity index (χ1) is 12.3. The molecule has 0 aromatic heterocycles. The van der Waals surface area contributed by atoms with Crippen molar-refractivity contribution in [1.82, 2.24) is 0 Å². The number of benzene rings is 2. The molecule has 0 atom stereocenters. The standard InChI is InChI=1S/C22H23NO2S/c1-13(2)26-20-19(17-11-9-14(3)10-12-17)21(24)23(22(20)25)18-8-6-7-15(4)16(18)5/h6-13H,1-5H3. The third kappa shape index (κ3) is 3.21. The molecule has 3 nitrogen and oxygen atoms in total. The molecule has 1 heterocycles. The van der Waals surface area contributed by atoms with Crippen molar-refractivity contribution in [3.05, 3.63) is 69.6 Å². The van der Waals surface area contributed by atoms with Gasteiger partial charge in [-0.3, -0.25) is 9.59 Å². The Labute approximate surface area is 159 Å². The first kappa shape index (κ1) is 18.5. The Morgan fingerprint density at radius 1 is 0.885 bits per heavy atom. The Hall–Kier alpha value is -2.33. The summed E-state index contributed by atoms with van der Waals surface area (Å²) in [5, 5.41) is 0.209. The van der Waals surface area contributed by atoms with E-state index in [2.05, 4.69) is 0 Å². The van der Waals surface area contributed by atoms with E-state index in [1.165, 1.54) is 16.7 Å². The number of hydrogen-bond acceptors (Lipinski definition) is 3. The van der Waals surface area contributed by atoms with E-state index in [9.17, 15) is 9.59 Å². The van der Waals surface area contributed by atoms with E-state index in [1.54, 1.807) is 0 Å². The van der Waals surface area contributed by atoms with E-state index in [0.29, 0.717) is 16.2 Å². The van der Waals surface area contributed by atoms with Crippen LogP contribution in [0.1, 0.15) is 36.1 Å². The van der Waals surface area contributed by atoms with Gasteiger partial charge in [-0.25, -0.2) is 4.90 Å². The summed E-state index contributed by atoms with van der Waals surface area (Å²) in [6.07, 6.45) is 0. The summed E-state index contributed by atoms with van der Waals surface area (Å²) in [7, 11) is 0. The normalized spacial score (nSPS) is 14.8. The first-order valence-corrected chi connectivity index (χ1v) is 9.62. The largest absolute Gasteiger partial charge is 0.272 e. The molecule has 0 N–H and O–H groups in total. The van der Waals surface area contributed by atoms with Crippen LogP contribution in [0, 0.1) is 20.8 Å². The number of nitrogens with zero attached hydrogens (tertiary/aromatic N) is 1. The Bertz CT molecular complexity index is 910. The van der Waals surface area contributed by atoms with Gasteiger partial charge in [0, 0.05) is 5.25 Å². The number of thioether (sulfide) groups is 1. The van der Waals surface area contributed by atoms with E-state index in [-0.39, 0.29) is 17.1 Å². The van der Waals surface area contributed by atoms with Gasteiger partial charge in [0.25, 0.3) is 11.8 Å². The van der Waals surface area contributed by atoms with Gasteiger partial charge in [-0.2, -0.15) is 0 Å². The number of aryl methyl sites for hydroxylation is 2. The fraction of sp³-hybridized carbons (Fsp3) is 0.273. The SMILES string of the molecule is Cc1ccc(C2=C(SC(C)C)C(=O)N(c3cccc(C)c3C)C2=O)cc1. The highest BCUT2D eigenvalue weighted by atomic mass is 32.2. The van der Waals surface area contributed by atoms with Crippen LogP contribution >= 0.6 is 11.8 Å². The maximum atomic E-state index is 13.3. The molecule has 0 unspecified atom stereocenters. The molecule has 0 spiro atoms. The topological polar surface area (TPSA) is 37.4 Å². The summed E-state index contributed by atoms with van der Waals surface area (Å²) < 4.78 is 0. The molecular formula is C22H23NO2S. The van der Waals surface area contributed by atoms with Crippen LogP contribution in [-0.2, 0) is 9.59 Å². The second-order valence-corrected chi connectivity index (χ2v) is 8.49. The fourth-order valence-corrected chi connectivity index (χ4v) is 4.01. The van der Waals surface area contributed by atoms with Crippen LogP contribution in [0.5, 0.6) is 0 Å². The molecule has 0 saturated heterocycles. The van der Waals surface area contributed by atoms with E-state index < -0.39 is 0 Å². The molecule has 26 heavy (non-hydrogen) atoms. The molecule has 0 saturated carbocycles. The summed E-state index contributed by atoms with van der Waals surface area (Å²) in [6, 6.07) is 13.5. The number of carbonyl (C=O) groups excluding carboxylic acids is 2. The van der Waals surface area contributed by atoms with Gasteiger partial charge in [-0.15, -0.1) is 11.8 Å². The third-order valence-corrected chi connectivity index (χ3v) is 5.64. The molecule has 0 radical (unpaired) electrons. The molecule has 1 aliphatic heterocycles. The Balaban J connectivity index is 2.14. The number of anilines is 1. The summed E-state index contributed by atoms with van der Waals surface area (Å²) in [5.41, 5.74) is 5.11. The van der Waals surface area contributed by atoms with Crippen LogP contribution in [-0.4, -0.2) is 17.1 Å². The van der Waals surface area contributed by atoms with Crippen LogP contribution in [0.15, 0.2) is 47.4 Å². The van der Waals surface area contributed by atoms with E-state index in [1.807, 2.05) is 77.1 Å². The van der Waals surface area contributed by atoms with Crippen molar-refractivity contribution >= 4 is 34.8 Å². The Morgan fingerprint density at radius 2 is 1.54 bits per heavy atom. The van der Waals surface area contributed by atoms with E-state index in [0.717, 1.165) is 22.3 Å². The van der Waals surface area contributed by atoms with Gasteiger partial charge in [0.1, 0.15) is 0 Å². The lowest BCUT2D eigenvalue weighted by molar-refractivity contribution is -0.119. The predicted molar refractivity (Wildman–Crippen MR) is 109 cm³/mol. The highest BCUT2D eigenvalue weighted by Crippen LogP contribution is 2.40. The van der Waals surface area contributed by atoms with Gasteiger partial charge in [0.2, 0.25) is 0 Å². The van der Waals surface area contributed by atoms with Crippen molar-refractivity contribution in [3.63, 3.8) is 0 Å². The average Bonchev–Trinajstić information content (AvgIpc) is 2.82. The van der Waals surface area contributed by atoms with Crippen molar-refractivity contribution in [2.45, 2.75) is 39.9 Å². The molecule has 2 aromatic rings. The van der Waals surface area contributed by atoms with Crippen molar-refractivity contribution in [3.8, 4) is 0 Å². The summed E-state index contributed by atoms with van der Waals surface area (Å²) >= 11 is 1.46. The zero-order valence-corrected chi connectivity index (χ0v) is 16.6. The van der Waals surface area contributed by atoms with E-state index in [4.69, 9.17) is 0 Å². The minimum atomic E-state index is -0.240. The molecule has 134 valence electrons. The zero-order valence-electron chi connectivity index (χ0n) is 15.8. The van der Waals surface area contributed by atoms with Crippen molar-refractivity contribution in [2.24, 2.45) is 0 Å². The smallest absolute Gasteiger partial charge is 0.268 e. The van der Waals surface area contributed by atoms with Gasteiger partial charge in [0.05, 0.1) is 16.2 Å². The van der Waals surface area contributed by atoms with Gasteiger partial charge < -0.3 is 0 Å². The second kappa shape index (κ2) is 7.12. The number of rotatable bonds is 4. The molecule has 2 amide bonds. The molecule has 3 rings (SSSR count). The van der Waals surface area contributed by atoms with Crippen molar-refractivity contribution in [1.29, 1.82) is 0 Å². The lowest BCUT2D eigenvalue weighted by Gasteiger charge is -2.19. The Morgan fingerprint density at radius 3 is 2.15 bits per heavy atom. The molecule has 2 aromatic carbocycles. The lowest BCUT2D eigenvalue weighted by atomic mass is 10.0. The van der Waals surface area contributed by atoms with Crippen LogP contribution in [0.3, 0.4) is 0 Å². The van der Waals surface area contributed by atoms with Gasteiger partial charge in [-0.05, 0) is 43.5 Å². The quantitative estimate of drug-likeness (QED) is 0.713. The number of amides is 2. The minimum absolute atomic E-state index is 0.209. The molecule has 0 bridgehead atoms. The predicted octanol–water partition coefficient (Wildman–Crippen LogP) is 5.04. The highest BCUT2D eigenvalue weighted by Gasteiger charge is 2.41. The molecular weight excluding hydrogens is 342 g/mol. The lowest BCUT2D eigenvalue weighted by Crippen LogP contribution is -2.32. The van der Waals surface area contributed by atoms with Crippen molar-refractivity contribution < 1.29 is 9.59 Å². The second-order valence-electron chi connectivity index (χ2n) is 6.90. The zero-order chi connectivity index (χ0) is 19.0. The maximum Gasteiger partial charge on any atom is 0.272 e. The summed E-state index contributed by atoms with van der Waals surface area (Å²) in [5.74, 6) is -0.464.